The molecule has 0 atom stereocenters. The van der Waals surface area contributed by atoms with Crippen molar-refractivity contribution in [1.82, 2.24) is 9.97 Å². The fourth-order valence-electron chi connectivity index (χ4n) is 1.67. The standard InChI is InChI=1S/C12H22N4/c1-9-14-10(13-5)7-11(15-9)16(6)8-12(2,3)4/h7H,8H2,1-6H3,(H,13,14,15). The highest BCUT2D eigenvalue weighted by atomic mass is 15.2. The first-order chi connectivity index (χ1) is 7.31. The van der Waals surface area contributed by atoms with E-state index in [0.717, 1.165) is 24.0 Å². The average Bonchev–Trinajstić information content (AvgIpc) is 2.14. The molecule has 4 heteroatoms. The van der Waals surface area contributed by atoms with Crippen LogP contribution >= 0.6 is 0 Å². The molecule has 16 heavy (non-hydrogen) atoms. The Balaban J connectivity index is 2.90. The number of aryl methyl sites for hydroxylation is 1. The third-order valence-corrected chi connectivity index (χ3v) is 2.18. The Morgan fingerprint density at radius 3 is 2.44 bits per heavy atom. The summed E-state index contributed by atoms with van der Waals surface area (Å²) >= 11 is 0. The molecule has 90 valence electrons. The van der Waals surface area contributed by atoms with Gasteiger partial charge in [0.15, 0.2) is 0 Å². The predicted octanol–water partition coefficient (Wildman–Crippen LogP) is 2.31. The summed E-state index contributed by atoms with van der Waals surface area (Å²) in [5, 5.41) is 3.05. The molecule has 0 unspecified atom stereocenters. The number of hydrogen-bond acceptors (Lipinski definition) is 4. The lowest BCUT2D eigenvalue weighted by Gasteiger charge is -2.27. The number of rotatable bonds is 3. The molecule has 1 aromatic rings. The van der Waals surface area contributed by atoms with Gasteiger partial charge in [-0.3, -0.25) is 0 Å². The zero-order valence-electron chi connectivity index (χ0n) is 11.1. The maximum Gasteiger partial charge on any atom is 0.134 e. The minimum atomic E-state index is 0.257. The summed E-state index contributed by atoms with van der Waals surface area (Å²) in [5.74, 6) is 2.62. The van der Waals surface area contributed by atoms with Crippen molar-refractivity contribution in [2.75, 3.05) is 30.9 Å². The molecule has 0 fully saturated rings. The van der Waals surface area contributed by atoms with Gasteiger partial charge >= 0.3 is 0 Å². The molecule has 0 aliphatic carbocycles. The van der Waals surface area contributed by atoms with Crippen LogP contribution in [-0.2, 0) is 0 Å². The summed E-state index contributed by atoms with van der Waals surface area (Å²) in [6.45, 7) is 9.53. The molecular weight excluding hydrogens is 200 g/mol. The van der Waals surface area contributed by atoms with Gasteiger partial charge in [0.05, 0.1) is 0 Å². The van der Waals surface area contributed by atoms with Gasteiger partial charge < -0.3 is 10.2 Å². The van der Waals surface area contributed by atoms with Gasteiger partial charge in [-0.2, -0.15) is 0 Å². The molecule has 0 aliphatic rings. The fourth-order valence-corrected chi connectivity index (χ4v) is 1.67. The molecule has 1 rings (SSSR count). The number of nitrogens with zero attached hydrogens (tertiary/aromatic N) is 3. The van der Waals surface area contributed by atoms with E-state index < -0.39 is 0 Å². The second kappa shape index (κ2) is 4.68. The van der Waals surface area contributed by atoms with Crippen LogP contribution in [0.2, 0.25) is 0 Å². The Hall–Kier alpha value is -1.32. The van der Waals surface area contributed by atoms with Crippen LogP contribution in [0.5, 0.6) is 0 Å². The van der Waals surface area contributed by atoms with Crippen molar-refractivity contribution >= 4 is 11.6 Å². The lowest BCUT2D eigenvalue weighted by molar-refractivity contribution is 0.417. The normalized spacial score (nSPS) is 11.4. The number of anilines is 2. The molecule has 0 saturated carbocycles. The smallest absolute Gasteiger partial charge is 0.134 e. The van der Waals surface area contributed by atoms with E-state index in [-0.39, 0.29) is 5.41 Å². The number of aromatic nitrogens is 2. The molecule has 0 aromatic carbocycles. The monoisotopic (exact) mass is 222 g/mol. The Morgan fingerprint density at radius 2 is 1.94 bits per heavy atom. The van der Waals surface area contributed by atoms with Gasteiger partial charge in [-0.05, 0) is 12.3 Å². The van der Waals surface area contributed by atoms with Crippen molar-refractivity contribution in [3.8, 4) is 0 Å². The Labute approximate surface area is 98.1 Å². The van der Waals surface area contributed by atoms with Gasteiger partial charge in [-0.1, -0.05) is 20.8 Å². The predicted molar refractivity (Wildman–Crippen MR) is 69.0 cm³/mol. The molecule has 1 aromatic heterocycles. The first-order valence-corrected chi connectivity index (χ1v) is 5.56. The van der Waals surface area contributed by atoms with E-state index >= 15 is 0 Å². The first-order valence-electron chi connectivity index (χ1n) is 5.56. The van der Waals surface area contributed by atoms with Crippen molar-refractivity contribution in [2.45, 2.75) is 27.7 Å². The Bertz CT molecular complexity index is 355. The van der Waals surface area contributed by atoms with Crippen molar-refractivity contribution in [1.29, 1.82) is 0 Å². The molecular formula is C12H22N4. The van der Waals surface area contributed by atoms with Crippen LogP contribution in [-0.4, -0.2) is 30.6 Å². The second-order valence-corrected chi connectivity index (χ2v) is 5.33. The van der Waals surface area contributed by atoms with Crippen LogP contribution in [0, 0.1) is 12.3 Å². The molecule has 0 spiro atoms. The summed E-state index contributed by atoms with van der Waals surface area (Å²) in [4.78, 5) is 10.9. The summed E-state index contributed by atoms with van der Waals surface area (Å²) in [6, 6.07) is 1.97. The zero-order valence-corrected chi connectivity index (χ0v) is 11.1. The molecule has 1 heterocycles. The van der Waals surface area contributed by atoms with Gasteiger partial charge in [-0.25, -0.2) is 9.97 Å². The highest BCUT2D eigenvalue weighted by Gasteiger charge is 2.15. The molecule has 4 nitrogen and oxygen atoms in total. The lowest BCUT2D eigenvalue weighted by Crippen LogP contribution is -2.30. The van der Waals surface area contributed by atoms with Crippen molar-refractivity contribution in [2.24, 2.45) is 5.41 Å². The van der Waals surface area contributed by atoms with Gasteiger partial charge in [0.2, 0.25) is 0 Å². The van der Waals surface area contributed by atoms with E-state index in [1.54, 1.807) is 0 Å². The van der Waals surface area contributed by atoms with E-state index in [9.17, 15) is 0 Å². The quantitative estimate of drug-likeness (QED) is 0.852. The van der Waals surface area contributed by atoms with Crippen molar-refractivity contribution in [3.05, 3.63) is 11.9 Å². The first kappa shape index (κ1) is 12.7. The number of hydrogen-bond donors (Lipinski definition) is 1. The molecule has 0 saturated heterocycles. The van der Waals surface area contributed by atoms with Crippen LogP contribution in [0.1, 0.15) is 26.6 Å². The van der Waals surface area contributed by atoms with Crippen LogP contribution in [0.3, 0.4) is 0 Å². The highest BCUT2D eigenvalue weighted by Crippen LogP contribution is 2.20. The van der Waals surface area contributed by atoms with E-state index in [4.69, 9.17) is 0 Å². The Morgan fingerprint density at radius 1 is 1.31 bits per heavy atom. The average molecular weight is 222 g/mol. The SMILES string of the molecule is CNc1cc(N(C)CC(C)(C)C)nc(C)n1. The highest BCUT2D eigenvalue weighted by molar-refractivity contribution is 5.48. The van der Waals surface area contributed by atoms with Crippen LogP contribution in [0.15, 0.2) is 6.07 Å². The Kier molecular flexibility index (Phi) is 3.73. The van der Waals surface area contributed by atoms with E-state index in [1.165, 1.54) is 0 Å². The van der Waals surface area contributed by atoms with Gasteiger partial charge in [0, 0.05) is 26.7 Å². The summed E-state index contributed by atoms with van der Waals surface area (Å²) < 4.78 is 0. The fraction of sp³-hybridized carbons (Fsp3) is 0.667. The molecule has 0 bridgehead atoms. The summed E-state index contributed by atoms with van der Waals surface area (Å²) in [5.41, 5.74) is 0.257. The molecule has 0 amide bonds. The lowest BCUT2D eigenvalue weighted by atomic mass is 9.96. The zero-order chi connectivity index (χ0) is 12.3. The molecule has 0 aliphatic heterocycles. The van der Waals surface area contributed by atoms with E-state index in [2.05, 4.69) is 48.0 Å². The van der Waals surface area contributed by atoms with Crippen LogP contribution in [0.25, 0.3) is 0 Å². The van der Waals surface area contributed by atoms with Gasteiger partial charge in [0.1, 0.15) is 17.5 Å². The van der Waals surface area contributed by atoms with Gasteiger partial charge in [0.25, 0.3) is 0 Å². The summed E-state index contributed by atoms with van der Waals surface area (Å²) in [6.07, 6.45) is 0. The minimum absolute atomic E-state index is 0.257. The van der Waals surface area contributed by atoms with Crippen molar-refractivity contribution < 1.29 is 0 Å². The van der Waals surface area contributed by atoms with E-state index in [0.29, 0.717) is 0 Å². The topological polar surface area (TPSA) is 41.0 Å². The maximum absolute atomic E-state index is 4.44. The van der Waals surface area contributed by atoms with Crippen LogP contribution < -0.4 is 10.2 Å². The largest absolute Gasteiger partial charge is 0.373 e. The van der Waals surface area contributed by atoms with E-state index in [1.807, 2.05) is 20.0 Å². The minimum Gasteiger partial charge on any atom is -0.373 e. The number of nitrogens with one attached hydrogen (secondary N) is 1. The van der Waals surface area contributed by atoms with Crippen molar-refractivity contribution in [3.63, 3.8) is 0 Å². The third kappa shape index (κ3) is 3.68. The maximum atomic E-state index is 4.44. The second-order valence-electron chi connectivity index (χ2n) is 5.33. The van der Waals surface area contributed by atoms with Crippen LogP contribution in [0.4, 0.5) is 11.6 Å². The molecule has 1 N–H and O–H groups in total. The molecule has 0 radical (unpaired) electrons. The third-order valence-electron chi connectivity index (χ3n) is 2.18. The van der Waals surface area contributed by atoms with Gasteiger partial charge in [-0.15, -0.1) is 0 Å². The summed E-state index contributed by atoms with van der Waals surface area (Å²) in [7, 11) is 3.93.